The summed E-state index contributed by atoms with van der Waals surface area (Å²) in [5.74, 6) is 0.747. The summed E-state index contributed by atoms with van der Waals surface area (Å²) in [7, 11) is 3.06. The maximum atomic E-state index is 13.5. The number of fused-ring (bicyclic) bond motifs is 1. The Hall–Kier alpha value is -3.67. The van der Waals surface area contributed by atoms with Crippen LogP contribution < -0.4 is 14.4 Å². The van der Waals surface area contributed by atoms with Crippen molar-refractivity contribution in [2.24, 2.45) is 17.3 Å². The van der Waals surface area contributed by atoms with E-state index in [0.29, 0.717) is 23.9 Å². The van der Waals surface area contributed by atoms with Gasteiger partial charge in [-0.25, -0.2) is 4.52 Å². The molecule has 31 heavy (non-hydrogen) atoms. The van der Waals surface area contributed by atoms with Crippen LogP contribution in [0.4, 0.5) is 5.69 Å². The van der Waals surface area contributed by atoms with Crippen molar-refractivity contribution in [3.63, 3.8) is 0 Å². The Balaban J connectivity index is 1.61. The number of amides is 1. The molecule has 1 aliphatic carbocycles. The zero-order chi connectivity index (χ0) is 21.8. The second-order valence-corrected chi connectivity index (χ2v) is 8.16. The minimum absolute atomic E-state index is 0.0334. The largest absolute Gasteiger partial charge is 0.480 e. The summed E-state index contributed by atoms with van der Waals surface area (Å²) in [5, 5.41) is 22.4. The highest BCUT2D eigenvalue weighted by Gasteiger charge is 2.61. The first-order valence-electron chi connectivity index (χ1n) is 10.2. The van der Waals surface area contributed by atoms with Crippen LogP contribution in [-0.4, -0.2) is 46.5 Å². The quantitative estimate of drug-likeness (QED) is 0.627. The maximum absolute atomic E-state index is 13.5. The average Bonchev–Trinajstić information content (AvgIpc) is 3.49. The van der Waals surface area contributed by atoms with Crippen LogP contribution in [0.15, 0.2) is 30.6 Å². The molecule has 1 saturated carbocycles. The van der Waals surface area contributed by atoms with Crippen LogP contribution in [0.25, 0.3) is 16.6 Å². The topological polar surface area (TPSA) is 106 Å². The smallest absolute Gasteiger partial charge is 0.248 e. The number of aromatic nitrogens is 4. The molecule has 158 valence electrons. The van der Waals surface area contributed by atoms with Crippen molar-refractivity contribution in [1.29, 1.82) is 5.26 Å². The molecule has 0 unspecified atom stereocenters. The lowest BCUT2D eigenvalue weighted by atomic mass is 9.75. The average molecular weight is 418 g/mol. The first kappa shape index (κ1) is 19.3. The van der Waals surface area contributed by atoms with Crippen molar-refractivity contribution in [3.05, 3.63) is 30.6 Å². The van der Waals surface area contributed by atoms with Gasteiger partial charge >= 0.3 is 0 Å². The van der Waals surface area contributed by atoms with Crippen LogP contribution >= 0.6 is 0 Å². The van der Waals surface area contributed by atoms with Gasteiger partial charge in [-0.2, -0.15) is 10.4 Å². The molecule has 2 fully saturated rings. The van der Waals surface area contributed by atoms with Crippen molar-refractivity contribution >= 4 is 17.1 Å². The molecule has 0 spiro atoms. The fourth-order valence-corrected chi connectivity index (χ4v) is 4.70. The van der Waals surface area contributed by atoms with Crippen LogP contribution in [0.1, 0.15) is 19.8 Å². The van der Waals surface area contributed by atoms with Gasteiger partial charge < -0.3 is 14.4 Å². The van der Waals surface area contributed by atoms with E-state index in [2.05, 4.69) is 21.4 Å². The molecular formula is C22H22N6O3. The molecule has 5 rings (SSSR count). The number of anilines is 1. The van der Waals surface area contributed by atoms with Crippen molar-refractivity contribution in [2.75, 3.05) is 25.7 Å². The Labute approximate surface area is 179 Å². The fourth-order valence-electron chi connectivity index (χ4n) is 4.70. The molecule has 1 amide bonds. The fraction of sp³-hybridized carbons (Fsp3) is 0.409. The number of carbonyl (C=O) groups is 1. The molecule has 3 aromatic heterocycles. The molecule has 2 atom stereocenters. The first-order chi connectivity index (χ1) is 15.0. The van der Waals surface area contributed by atoms with E-state index >= 15 is 0 Å². The Morgan fingerprint density at radius 3 is 2.71 bits per heavy atom. The molecular weight excluding hydrogens is 396 g/mol. The number of nitrogens with zero attached hydrogens (tertiary/aromatic N) is 6. The van der Waals surface area contributed by atoms with Crippen molar-refractivity contribution < 1.29 is 14.3 Å². The van der Waals surface area contributed by atoms with E-state index in [0.717, 1.165) is 29.6 Å². The van der Waals surface area contributed by atoms with Gasteiger partial charge in [0.1, 0.15) is 5.41 Å². The molecule has 0 aromatic carbocycles. The highest BCUT2D eigenvalue weighted by atomic mass is 16.5. The van der Waals surface area contributed by atoms with Gasteiger partial charge in [0, 0.05) is 36.5 Å². The highest BCUT2D eigenvalue weighted by Crippen LogP contribution is 2.54. The second kappa shape index (κ2) is 6.94. The van der Waals surface area contributed by atoms with E-state index in [1.54, 1.807) is 21.7 Å². The molecule has 4 heterocycles. The Kier molecular flexibility index (Phi) is 4.32. The number of hydrogen-bond acceptors (Lipinski definition) is 7. The van der Waals surface area contributed by atoms with E-state index in [4.69, 9.17) is 9.47 Å². The van der Waals surface area contributed by atoms with Crippen LogP contribution in [0.3, 0.4) is 0 Å². The summed E-state index contributed by atoms with van der Waals surface area (Å²) in [6, 6.07) is 7.89. The van der Waals surface area contributed by atoms with E-state index < -0.39 is 5.41 Å². The second-order valence-electron chi connectivity index (χ2n) is 8.16. The van der Waals surface area contributed by atoms with Crippen molar-refractivity contribution in [2.45, 2.75) is 19.8 Å². The van der Waals surface area contributed by atoms with Gasteiger partial charge in [-0.05, 0) is 30.9 Å². The number of carbonyl (C=O) groups excluding carboxylic acids is 1. The van der Waals surface area contributed by atoms with E-state index in [9.17, 15) is 10.1 Å². The predicted molar refractivity (Wildman–Crippen MR) is 112 cm³/mol. The number of methoxy groups -OCH3 is 2. The summed E-state index contributed by atoms with van der Waals surface area (Å²) in [6.45, 7) is 2.51. The lowest BCUT2D eigenvalue weighted by Gasteiger charge is -2.23. The summed E-state index contributed by atoms with van der Waals surface area (Å²) >= 11 is 0. The molecule has 3 aromatic rings. The van der Waals surface area contributed by atoms with Gasteiger partial charge in [-0.15, -0.1) is 10.2 Å². The third-order valence-corrected chi connectivity index (χ3v) is 6.47. The molecule has 2 aliphatic rings. The maximum Gasteiger partial charge on any atom is 0.248 e. The number of rotatable bonds is 5. The van der Waals surface area contributed by atoms with Gasteiger partial charge in [-0.3, -0.25) is 4.79 Å². The van der Waals surface area contributed by atoms with Gasteiger partial charge in [0.15, 0.2) is 0 Å². The normalized spacial score (nSPS) is 23.2. The number of hydrogen-bond donors (Lipinski definition) is 0. The highest BCUT2D eigenvalue weighted by molar-refractivity contribution is 6.05. The minimum Gasteiger partial charge on any atom is -0.480 e. The lowest BCUT2D eigenvalue weighted by Crippen LogP contribution is -2.37. The standard InChI is InChI=1S/C22H22N6O3/c1-13-10-27(21(29)22(13,12-23)15-4-5-15)17-6-7-24-28-11-14(8-18(17)28)16-9-19(30-2)25-26-20(16)31-3/h6-9,11,13,15H,4-5,10H2,1-3H3/t13-,22+/m1/s1. The van der Waals surface area contributed by atoms with Gasteiger partial charge in [0.25, 0.3) is 0 Å². The third-order valence-electron chi connectivity index (χ3n) is 6.47. The molecule has 1 aliphatic heterocycles. The minimum atomic E-state index is -0.929. The van der Waals surface area contributed by atoms with Crippen LogP contribution in [0.2, 0.25) is 0 Å². The van der Waals surface area contributed by atoms with Gasteiger partial charge in [-0.1, -0.05) is 6.92 Å². The van der Waals surface area contributed by atoms with E-state index in [1.165, 1.54) is 14.2 Å². The predicted octanol–water partition coefficient (Wildman–Crippen LogP) is 2.71. The zero-order valence-corrected chi connectivity index (χ0v) is 17.6. The van der Waals surface area contributed by atoms with Crippen molar-refractivity contribution in [1.82, 2.24) is 19.8 Å². The van der Waals surface area contributed by atoms with E-state index in [1.807, 2.05) is 25.3 Å². The van der Waals surface area contributed by atoms with Crippen LogP contribution in [-0.2, 0) is 4.79 Å². The third kappa shape index (κ3) is 2.75. The Bertz CT molecular complexity index is 1230. The summed E-state index contributed by atoms with van der Waals surface area (Å²) < 4.78 is 12.3. The molecule has 0 bridgehead atoms. The number of ether oxygens (including phenoxy) is 2. The van der Waals surface area contributed by atoms with E-state index in [-0.39, 0.29) is 17.7 Å². The molecule has 9 nitrogen and oxygen atoms in total. The number of nitriles is 1. The van der Waals surface area contributed by atoms with Gasteiger partial charge in [0.05, 0.1) is 37.1 Å². The van der Waals surface area contributed by atoms with Crippen LogP contribution in [0.5, 0.6) is 11.8 Å². The van der Waals surface area contributed by atoms with Gasteiger partial charge in [0.2, 0.25) is 17.7 Å². The summed E-state index contributed by atoms with van der Waals surface area (Å²) in [5.41, 5.74) is 2.08. The summed E-state index contributed by atoms with van der Waals surface area (Å²) in [6.07, 6.45) is 5.39. The first-order valence-corrected chi connectivity index (χ1v) is 10.2. The monoisotopic (exact) mass is 418 g/mol. The SMILES string of the molecule is COc1cc(-c2cc3c(N4C[C@@H](C)[C@@](C#N)(C5CC5)C4=O)ccnn3c2)c(OC)nn1. The molecule has 1 saturated heterocycles. The van der Waals surface area contributed by atoms with Crippen molar-refractivity contribution in [3.8, 4) is 29.0 Å². The Morgan fingerprint density at radius 1 is 1.23 bits per heavy atom. The lowest BCUT2D eigenvalue weighted by molar-refractivity contribution is -0.124. The molecule has 9 heteroatoms. The Morgan fingerprint density at radius 2 is 2.03 bits per heavy atom. The zero-order valence-electron chi connectivity index (χ0n) is 17.6. The van der Waals surface area contributed by atoms with Crippen LogP contribution in [0, 0.1) is 28.6 Å². The summed E-state index contributed by atoms with van der Waals surface area (Å²) in [4.78, 5) is 15.2. The molecule has 0 N–H and O–H groups in total. The molecule has 0 radical (unpaired) electrons.